The van der Waals surface area contributed by atoms with E-state index in [1.54, 1.807) is 38.3 Å². The lowest BCUT2D eigenvalue weighted by Crippen LogP contribution is -2.35. The molecule has 3 rings (SSSR count). The molecule has 0 aliphatic heterocycles. The van der Waals surface area contributed by atoms with Gasteiger partial charge in [-0.2, -0.15) is 10.1 Å². The molecule has 0 saturated heterocycles. The van der Waals surface area contributed by atoms with Crippen molar-refractivity contribution in [2.45, 2.75) is 26.8 Å². The number of aryl methyl sites for hydroxylation is 2. The van der Waals surface area contributed by atoms with Gasteiger partial charge in [0.2, 0.25) is 5.91 Å². The van der Waals surface area contributed by atoms with Crippen molar-refractivity contribution in [3.8, 4) is 17.0 Å². The minimum Gasteiger partial charge on any atom is -0.497 e. The van der Waals surface area contributed by atoms with Crippen LogP contribution in [0.3, 0.4) is 0 Å². The number of nitrogens with one attached hydrogen (secondary N) is 1. The molecule has 2 aromatic carbocycles. The Balaban J connectivity index is 1.81. The molecule has 1 N–H and O–H groups in total. The van der Waals surface area contributed by atoms with Gasteiger partial charge in [0.25, 0.3) is 0 Å². The molecule has 0 radical (unpaired) electrons. The first-order valence-electron chi connectivity index (χ1n) is 8.87. The van der Waals surface area contributed by atoms with Crippen molar-refractivity contribution in [1.29, 1.82) is 0 Å². The fraction of sp³-hybridized carbons (Fsp3) is 0.238. The smallest absolute Gasteiger partial charge is 0.365 e. The van der Waals surface area contributed by atoms with Crippen molar-refractivity contribution >= 4 is 11.6 Å². The summed E-state index contributed by atoms with van der Waals surface area (Å²) in [6.45, 7) is 5.48. The number of carbonyl (C=O) groups is 1. The first-order chi connectivity index (χ1) is 13.4. The van der Waals surface area contributed by atoms with Crippen LogP contribution >= 0.6 is 0 Å². The number of benzene rings is 2. The zero-order chi connectivity index (χ0) is 20.3. The van der Waals surface area contributed by atoms with Gasteiger partial charge in [-0.3, -0.25) is 4.79 Å². The van der Waals surface area contributed by atoms with Crippen molar-refractivity contribution in [1.82, 2.24) is 14.8 Å². The van der Waals surface area contributed by atoms with E-state index in [0.29, 0.717) is 17.1 Å². The molecular weight excluding hydrogens is 356 g/mol. The Morgan fingerprint density at radius 3 is 2.50 bits per heavy atom. The van der Waals surface area contributed by atoms with Crippen LogP contribution in [-0.2, 0) is 4.79 Å². The predicted molar refractivity (Wildman–Crippen MR) is 108 cm³/mol. The van der Waals surface area contributed by atoms with E-state index in [1.165, 1.54) is 6.20 Å². The highest BCUT2D eigenvalue weighted by atomic mass is 16.5. The topological polar surface area (TPSA) is 86.1 Å². The van der Waals surface area contributed by atoms with Gasteiger partial charge in [0.05, 0.1) is 19.0 Å². The number of nitrogens with zero attached hydrogens (tertiary/aromatic N) is 3. The second-order valence-electron chi connectivity index (χ2n) is 6.58. The molecule has 0 aliphatic carbocycles. The Bertz CT molecular complexity index is 1060. The van der Waals surface area contributed by atoms with Gasteiger partial charge >= 0.3 is 5.69 Å². The summed E-state index contributed by atoms with van der Waals surface area (Å²) in [5.41, 5.74) is 3.29. The monoisotopic (exact) mass is 378 g/mol. The Morgan fingerprint density at radius 2 is 1.86 bits per heavy atom. The van der Waals surface area contributed by atoms with Gasteiger partial charge in [-0.1, -0.05) is 12.1 Å². The number of anilines is 1. The Hall–Kier alpha value is -3.48. The quantitative estimate of drug-likeness (QED) is 0.737. The van der Waals surface area contributed by atoms with Crippen LogP contribution in [0.15, 0.2) is 53.5 Å². The maximum absolute atomic E-state index is 12.6. The molecule has 28 heavy (non-hydrogen) atoms. The van der Waals surface area contributed by atoms with E-state index in [4.69, 9.17) is 4.74 Å². The second kappa shape index (κ2) is 8.04. The summed E-state index contributed by atoms with van der Waals surface area (Å²) < 4.78 is 6.20. The standard InChI is InChI=1S/C21H22N4O3/c1-13-5-6-14(2)18(11-13)23-20(26)15(3)25-21(27)24-19(12-22-25)16-7-9-17(28-4)10-8-16/h5-12,15H,1-4H3,(H,23,26)/t15-/m1/s1. The molecule has 0 spiro atoms. The zero-order valence-corrected chi connectivity index (χ0v) is 16.3. The Morgan fingerprint density at radius 1 is 1.14 bits per heavy atom. The van der Waals surface area contributed by atoms with Crippen LogP contribution in [0.1, 0.15) is 24.1 Å². The van der Waals surface area contributed by atoms with E-state index < -0.39 is 11.7 Å². The average Bonchev–Trinajstić information content (AvgIpc) is 2.70. The summed E-state index contributed by atoms with van der Waals surface area (Å²) in [6, 6.07) is 12.2. The Kier molecular flexibility index (Phi) is 5.54. The molecule has 0 aliphatic rings. The molecule has 0 bridgehead atoms. The van der Waals surface area contributed by atoms with E-state index in [2.05, 4.69) is 15.4 Å². The van der Waals surface area contributed by atoms with Crippen molar-refractivity contribution in [2.24, 2.45) is 0 Å². The van der Waals surface area contributed by atoms with Crippen molar-refractivity contribution in [2.75, 3.05) is 12.4 Å². The highest BCUT2D eigenvalue weighted by molar-refractivity contribution is 5.94. The van der Waals surface area contributed by atoms with E-state index in [-0.39, 0.29) is 5.91 Å². The molecule has 144 valence electrons. The molecule has 0 fully saturated rings. The molecular formula is C21H22N4O3. The molecule has 1 heterocycles. The summed E-state index contributed by atoms with van der Waals surface area (Å²) in [5.74, 6) is 0.379. The van der Waals surface area contributed by atoms with E-state index in [0.717, 1.165) is 21.4 Å². The van der Waals surface area contributed by atoms with Gasteiger partial charge in [-0.25, -0.2) is 9.48 Å². The molecule has 1 aromatic heterocycles. The number of rotatable bonds is 5. The highest BCUT2D eigenvalue weighted by Gasteiger charge is 2.19. The fourth-order valence-electron chi connectivity index (χ4n) is 2.73. The van der Waals surface area contributed by atoms with Gasteiger partial charge in [0.15, 0.2) is 0 Å². The minimum atomic E-state index is -0.801. The van der Waals surface area contributed by atoms with Crippen molar-refractivity contribution in [3.63, 3.8) is 0 Å². The zero-order valence-electron chi connectivity index (χ0n) is 16.3. The third-order valence-corrected chi connectivity index (χ3v) is 4.50. The second-order valence-corrected chi connectivity index (χ2v) is 6.58. The van der Waals surface area contributed by atoms with Gasteiger partial charge in [0, 0.05) is 11.3 Å². The van der Waals surface area contributed by atoms with E-state index in [9.17, 15) is 9.59 Å². The largest absolute Gasteiger partial charge is 0.497 e. The number of carbonyl (C=O) groups excluding carboxylic acids is 1. The molecule has 7 nitrogen and oxygen atoms in total. The first-order valence-corrected chi connectivity index (χ1v) is 8.87. The molecule has 0 unspecified atom stereocenters. The predicted octanol–water partition coefficient (Wildman–Crippen LogP) is 3.13. The number of amides is 1. The normalized spacial score (nSPS) is 11.7. The first kappa shape index (κ1) is 19.3. The van der Waals surface area contributed by atoms with E-state index >= 15 is 0 Å². The van der Waals surface area contributed by atoms with Crippen molar-refractivity contribution < 1.29 is 9.53 Å². The number of hydrogen-bond acceptors (Lipinski definition) is 5. The molecule has 1 atom stereocenters. The third-order valence-electron chi connectivity index (χ3n) is 4.50. The number of methoxy groups -OCH3 is 1. The van der Waals surface area contributed by atoms with Crippen LogP contribution in [-0.4, -0.2) is 27.8 Å². The number of hydrogen-bond donors (Lipinski definition) is 1. The van der Waals surface area contributed by atoms with Gasteiger partial charge < -0.3 is 10.1 Å². The van der Waals surface area contributed by atoms with Gasteiger partial charge in [-0.15, -0.1) is 0 Å². The molecule has 3 aromatic rings. The SMILES string of the molecule is COc1ccc(-c2cnn([C@H](C)C(=O)Nc3cc(C)ccc3C)c(=O)n2)cc1. The maximum atomic E-state index is 12.6. The lowest BCUT2D eigenvalue weighted by atomic mass is 10.1. The third kappa shape index (κ3) is 4.09. The lowest BCUT2D eigenvalue weighted by molar-refractivity contribution is -0.119. The summed E-state index contributed by atoms with van der Waals surface area (Å²) in [5, 5.41) is 7.00. The summed E-state index contributed by atoms with van der Waals surface area (Å²) in [4.78, 5) is 29.1. The Labute approximate surface area is 163 Å². The van der Waals surface area contributed by atoms with Crippen LogP contribution in [0.4, 0.5) is 5.69 Å². The van der Waals surface area contributed by atoms with Gasteiger partial charge in [-0.05, 0) is 62.2 Å². The summed E-state index contributed by atoms with van der Waals surface area (Å²) >= 11 is 0. The number of aromatic nitrogens is 3. The molecule has 7 heteroatoms. The average molecular weight is 378 g/mol. The highest BCUT2D eigenvalue weighted by Crippen LogP contribution is 2.20. The lowest BCUT2D eigenvalue weighted by Gasteiger charge is -2.15. The summed E-state index contributed by atoms with van der Waals surface area (Å²) in [6.07, 6.45) is 1.48. The van der Waals surface area contributed by atoms with E-state index in [1.807, 2.05) is 32.0 Å². The fourth-order valence-corrected chi connectivity index (χ4v) is 2.73. The van der Waals surface area contributed by atoms with Gasteiger partial charge in [0.1, 0.15) is 11.8 Å². The van der Waals surface area contributed by atoms with Crippen LogP contribution < -0.4 is 15.7 Å². The van der Waals surface area contributed by atoms with Crippen LogP contribution in [0.5, 0.6) is 5.75 Å². The van der Waals surface area contributed by atoms with Crippen LogP contribution in [0.2, 0.25) is 0 Å². The van der Waals surface area contributed by atoms with Crippen LogP contribution in [0, 0.1) is 13.8 Å². The minimum absolute atomic E-state index is 0.331. The van der Waals surface area contributed by atoms with Crippen molar-refractivity contribution in [3.05, 3.63) is 70.3 Å². The molecule has 0 saturated carbocycles. The maximum Gasteiger partial charge on any atom is 0.365 e. The number of ether oxygens (including phenoxy) is 1. The van der Waals surface area contributed by atoms with Crippen LogP contribution in [0.25, 0.3) is 11.3 Å². The summed E-state index contributed by atoms with van der Waals surface area (Å²) in [7, 11) is 1.58. The molecule has 1 amide bonds.